The van der Waals surface area contributed by atoms with Crippen molar-refractivity contribution in [1.82, 2.24) is 9.80 Å². The molecule has 2 aliphatic rings. The summed E-state index contributed by atoms with van der Waals surface area (Å²) in [6, 6.07) is 13.5. The average molecular weight is 511 g/mol. The number of rotatable bonds is 8. The lowest BCUT2D eigenvalue weighted by Crippen LogP contribution is -2.51. The smallest absolute Gasteiger partial charge is 0.336 e. The van der Waals surface area contributed by atoms with Crippen molar-refractivity contribution in [3.05, 3.63) is 63.5 Å². The van der Waals surface area contributed by atoms with Crippen molar-refractivity contribution >= 4 is 22.6 Å². The minimum Gasteiger partial charge on any atom is -0.506 e. The van der Waals surface area contributed by atoms with Gasteiger partial charge in [0.25, 0.3) is 0 Å². The van der Waals surface area contributed by atoms with Gasteiger partial charge in [-0.25, -0.2) is 4.79 Å². The minimum atomic E-state index is -0.446. The third-order valence-electron chi connectivity index (χ3n) is 7.86. The first-order valence-electron chi connectivity index (χ1n) is 13.0. The SMILES string of the molecule is COCCN(Cc1c(O)c(Cl)cc2c(-c3ccccc3)cc(=O)oc12)C[C@@H]1CCCN2CCCC[C@H]12. The van der Waals surface area contributed by atoms with E-state index in [0.29, 0.717) is 36.3 Å². The molecule has 0 unspecified atom stereocenters. The summed E-state index contributed by atoms with van der Waals surface area (Å²) in [6.07, 6.45) is 6.27. The fourth-order valence-corrected chi connectivity index (χ4v) is 6.34. The average Bonchev–Trinajstić information content (AvgIpc) is 2.90. The summed E-state index contributed by atoms with van der Waals surface area (Å²) in [5.74, 6) is 0.540. The van der Waals surface area contributed by atoms with E-state index in [1.165, 1.54) is 51.3 Å². The highest BCUT2D eigenvalue weighted by Gasteiger charge is 2.34. The fraction of sp³-hybridized carbons (Fsp3) is 0.483. The van der Waals surface area contributed by atoms with Crippen molar-refractivity contribution in [3.8, 4) is 16.9 Å². The van der Waals surface area contributed by atoms with E-state index in [1.54, 1.807) is 13.2 Å². The quantitative estimate of drug-likeness (QED) is 0.402. The van der Waals surface area contributed by atoms with Crippen LogP contribution in [0.3, 0.4) is 0 Å². The number of piperidine rings is 2. The summed E-state index contributed by atoms with van der Waals surface area (Å²) in [5, 5.41) is 12.0. The van der Waals surface area contributed by atoms with E-state index in [2.05, 4.69) is 9.80 Å². The van der Waals surface area contributed by atoms with E-state index in [-0.39, 0.29) is 10.8 Å². The third kappa shape index (κ3) is 5.32. The van der Waals surface area contributed by atoms with Crippen molar-refractivity contribution in [3.63, 3.8) is 0 Å². The Bertz CT molecular complexity index is 1240. The molecule has 1 N–H and O–H groups in total. The van der Waals surface area contributed by atoms with E-state index < -0.39 is 5.63 Å². The number of hydrogen-bond acceptors (Lipinski definition) is 6. The van der Waals surface area contributed by atoms with Gasteiger partial charge in [0, 0.05) is 44.2 Å². The Kier molecular flexibility index (Phi) is 7.96. The van der Waals surface area contributed by atoms with Gasteiger partial charge in [-0.2, -0.15) is 0 Å². The molecule has 0 saturated carbocycles. The predicted octanol–water partition coefficient (Wildman–Crippen LogP) is 5.53. The highest BCUT2D eigenvalue weighted by atomic mass is 35.5. The molecular weight excluding hydrogens is 476 g/mol. The molecule has 0 bridgehead atoms. The van der Waals surface area contributed by atoms with Crippen LogP contribution in [0.4, 0.5) is 0 Å². The molecule has 6 nitrogen and oxygen atoms in total. The van der Waals surface area contributed by atoms with Crippen LogP contribution in [0.15, 0.2) is 51.7 Å². The Balaban J connectivity index is 1.52. The topological polar surface area (TPSA) is 66.2 Å². The zero-order chi connectivity index (χ0) is 25.1. The molecule has 3 heterocycles. The highest BCUT2D eigenvalue weighted by Crippen LogP contribution is 2.39. The third-order valence-corrected chi connectivity index (χ3v) is 8.14. The van der Waals surface area contributed by atoms with Crippen LogP contribution in [0.5, 0.6) is 5.75 Å². The second-order valence-corrected chi connectivity index (χ2v) is 10.5. The van der Waals surface area contributed by atoms with E-state index >= 15 is 0 Å². The molecule has 1 aromatic heterocycles. The van der Waals surface area contributed by atoms with Crippen LogP contribution in [-0.4, -0.2) is 60.8 Å². The van der Waals surface area contributed by atoms with E-state index in [0.717, 1.165) is 29.6 Å². The second-order valence-electron chi connectivity index (χ2n) is 10.1. The highest BCUT2D eigenvalue weighted by molar-refractivity contribution is 6.33. The Morgan fingerprint density at radius 3 is 2.75 bits per heavy atom. The lowest BCUT2D eigenvalue weighted by molar-refractivity contribution is 0.0335. The summed E-state index contributed by atoms with van der Waals surface area (Å²) in [6.45, 7) is 5.03. The number of halogens is 1. The molecule has 2 aromatic carbocycles. The van der Waals surface area contributed by atoms with Crippen molar-refractivity contribution in [2.75, 3.05) is 39.9 Å². The van der Waals surface area contributed by atoms with Gasteiger partial charge in [0.1, 0.15) is 11.3 Å². The molecular formula is C29H35ClN2O4. The summed E-state index contributed by atoms with van der Waals surface area (Å²) in [5.41, 5.74) is 2.16. The van der Waals surface area contributed by atoms with Gasteiger partial charge in [-0.3, -0.25) is 4.90 Å². The van der Waals surface area contributed by atoms with Crippen molar-refractivity contribution in [2.45, 2.75) is 44.7 Å². The maximum Gasteiger partial charge on any atom is 0.336 e. The molecule has 5 rings (SSSR count). The number of ether oxygens (including phenoxy) is 1. The number of phenols is 1. The van der Waals surface area contributed by atoms with Gasteiger partial charge in [0.05, 0.1) is 17.2 Å². The van der Waals surface area contributed by atoms with E-state index in [1.807, 2.05) is 30.3 Å². The van der Waals surface area contributed by atoms with Gasteiger partial charge in [-0.1, -0.05) is 48.4 Å². The number of nitrogens with zero attached hydrogens (tertiary/aromatic N) is 2. The van der Waals surface area contributed by atoms with Crippen LogP contribution < -0.4 is 5.63 Å². The van der Waals surface area contributed by atoms with Crippen LogP contribution in [0.1, 0.15) is 37.7 Å². The Labute approximate surface area is 217 Å². The molecule has 0 radical (unpaired) electrons. The van der Waals surface area contributed by atoms with E-state index in [4.69, 9.17) is 20.8 Å². The Morgan fingerprint density at radius 1 is 1.14 bits per heavy atom. The lowest BCUT2D eigenvalue weighted by atomic mass is 9.83. The van der Waals surface area contributed by atoms with Crippen molar-refractivity contribution in [2.24, 2.45) is 5.92 Å². The summed E-state index contributed by atoms with van der Waals surface area (Å²) in [4.78, 5) is 17.6. The van der Waals surface area contributed by atoms with Crippen LogP contribution in [0, 0.1) is 5.92 Å². The first-order chi connectivity index (χ1) is 17.5. The molecule has 0 amide bonds. The van der Waals surface area contributed by atoms with Crippen LogP contribution in [-0.2, 0) is 11.3 Å². The molecule has 36 heavy (non-hydrogen) atoms. The van der Waals surface area contributed by atoms with Gasteiger partial charge in [0.15, 0.2) is 0 Å². The largest absolute Gasteiger partial charge is 0.506 e. The number of aromatic hydroxyl groups is 1. The van der Waals surface area contributed by atoms with Gasteiger partial charge in [-0.15, -0.1) is 0 Å². The first kappa shape index (κ1) is 25.3. The fourth-order valence-electron chi connectivity index (χ4n) is 6.12. The number of benzene rings is 2. The molecule has 0 aliphatic carbocycles. The standard InChI is InChI=1S/C29H35ClN2O4/c1-35-15-14-31(18-21-10-7-13-32-12-6-5-11-26(21)32)19-24-28(34)25(30)16-23-22(17-27(33)36-29(23)24)20-8-3-2-4-9-20/h2-4,8-9,16-17,21,26,34H,5-7,10-15,18-19H2,1H3/t21-,26+/m0/s1. The second kappa shape index (κ2) is 11.3. The van der Waals surface area contributed by atoms with E-state index in [9.17, 15) is 9.90 Å². The van der Waals surface area contributed by atoms with Gasteiger partial charge in [-0.05, 0) is 61.9 Å². The Hall–Kier alpha value is -2.38. The molecule has 192 valence electrons. The van der Waals surface area contributed by atoms with Crippen molar-refractivity contribution in [1.29, 1.82) is 0 Å². The van der Waals surface area contributed by atoms with Crippen LogP contribution in [0.25, 0.3) is 22.1 Å². The van der Waals surface area contributed by atoms with Gasteiger partial charge in [0.2, 0.25) is 0 Å². The molecule has 2 aliphatic heterocycles. The molecule has 2 saturated heterocycles. The van der Waals surface area contributed by atoms with Gasteiger partial charge >= 0.3 is 5.63 Å². The number of phenolic OH excluding ortho intramolecular Hbond substituents is 1. The monoisotopic (exact) mass is 510 g/mol. The van der Waals surface area contributed by atoms with Crippen molar-refractivity contribution < 1.29 is 14.3 Å². The number of fused-ring (bicyclic) bond motifs is 2. The number of hydrogen-bond donors (Lipinski definition) is 1. The predicted molar refractivity (Wildman–Crippen MR) is 144 cm³/mol. The summed E-state index contributed by atoms with van der Waals surface area (Å²) in [7, 11) is 1.71. The maximum absolute atomic E-state index is 12.6. The summed E-state index contributed by atoms with van der Waals surface area (Å²) >= 11 is 6.54. The molecule has 2 atom stereocenters. The normalized spacial score (nSPS) is 20.6. The minimum absolute atomic E-state index is 0.0251. The first-order valence-corrected chi connectivity index (χ1v) is 13.4. The summed E-state index contributed by atoms with van der Waals surface area (Å²) < 4.78 is 11.2. The van der Waals surface area contributed by atoms with Crippen LogP contribution in [0.2, 0.25) is 5.02 Å². The molecule has 0 spiro atoms. The molecule has 7 heteroatoms. The molecule has 2 fully saturated rings. The maximum atomic E-state index is 12.6. The van der Waals surface area contributed by atoms with Gasteiger partial charge < -0.3 is 19.2 Å². The zero-order valence-corrected chi connectivity index (χ0v) is 21.7. The lowest BCUT2D eigenvalue weighted by Gasteiger charge is -2.45. The number of methoxy groups -OCH3 is 1. The zero-order valence-electron chi connectivity index (χ0n) is 20.9. The Morgan fingerprint density at radius 2 is 1.94 bits per heavy atom. The molecule has 3 aromatic rings. The van der Waals surface area contributed by atoms with Crippen LogP contribution >= 0.6 is 11.6 Å².